The largest absolute Gasteiger partial charge is 0.328 e. The van der Waals surface area contributed by atoms with E-state index in [1.807, 2.05) is 25.6 Å². The van der Waals surface area contributed by atoms with E-state index in [9.17, 15) is 0 Å². The van der Waals surface area contributed by atoms with Gasteiger partial charge >= 0.3 is 0 Å². The normalized spacial score (nSPS) is 13.2. The van der Waals surface area contributed by atoms with Crippen molar-refractivity contribution in [2.75, 3.05) is 0 Å². The number of hydrogen-bond acceptors (Lipinski definition) is 2. The summed E-state index contributed by atoms with van der Waals surface area (Å²) in [5.41, 5.74) is 7.71. The maximum atomic E-state index is 6.11. The van der Waals surface area contributed by atoms with E-state index in [1.54, 1.807) is 0 Å². The summed E-state index contributed by atoms with van der Waals surface area (Å²) in [6.45, 7) is 3.95. The van der Waals surface area contributed by atoms with Crippen LogP contribution in [0, 0.1) is 6.92 Å². The minimum Gasteiger partial charge on any atom is -0.328 e. The topological polar surface area (TPSA) is 43.8 Å². The average molecular weight is 216 g/mol. The van der Waals surface area contributed by atoms with Crippen molar-refractivity contribution in [1.82, 2.24) is 9.78 Å². The SMILES string of the molecule is Cc1nn(C)c(CCCC(C)N)c1Cl. The van der Waals surface area contributed by atoms with Crippen LogP contribution in [0.1, 0.15) is 31.2 Å². The minimum absolute atomic E-state index is 0.267. The van der Waals surface area contributed by atoms with Crippen molar-refractivity contribution >= 4 is 11.6 Å². The highest BCUT2D eigenvalue weighted by Gasteiger charge is 2.10. The van der Waals surface area contributed by atoms with Crippen LogP contribution in [0.4, 0.5) is 0 Å². The molecule has 0 aliphatic heterocycles. The van der Waals surface area contributed by atoms with Gasteiger partial charge in [0.05, 0.1) is 16.4 Å². The van der Waals surface area contributed by atoms with Crippen molar-refractivity contribution in [2.45, 2.75) is 39.2 Å². The van der Waals surface area contributed by atoms with Crippen molar-refractivity contribution in [3.63, 3.8) is 0 Å². The molecule has 0 spiro atoms. The zero-order chi connectivity index (χ0) is 10.7. The molecule has 0 amide bonds. The zero-order valence-corrected chi connectivity index (χ0v) is 9.80. The molecule has 0 fully saturated rings. The third-order valence-electron chi connectivity index (χ3n) is 2.33. The molecule has 0 aliphatic rings. The molecule has 1 unspecified atom stereocenters. The fraction of sp³-hybridized carbons (Fsp3) is 0.700. The molecule has 80 valence electrons. The van der Waals surface area contributed by atoms with Crippen LogP contribution in [0.3, 0.4) is 0 Å². The molecular weight excluding hydrogens is 198 g/mol. The Balaban J connectivity index is 2.58. The molecule has 1 heterocycles. The first-order chi connectivity index (χ1) is 6.52. The van der Waals surface area contributed by atoms with Crippen molar-refractivity contribution in [1.29, 1.82) is 0 Å². The van der Waals surface area contributed by atoms with Gasteiger partial charge in [-0.05, 0) is 33.1 Å². The van der Waals surface area contributed by atoms with Crippen LogP contribution >= 0.6 is 11.6 Å². The number of hydrogen-bond donors (Lipinski definition) is 1. The van der Waals surface area contributed by atoms with Gasteiger partial charge in [0, 0.05) is 13.1 Å². The summed E-state index contributed by atoms with van der Waals surface area (Å²) in [5.74, 6) is 0. The highest BCUT2D eigenvalue weighted by molar-refractivity contribution is 6.31. The number of aryl methyl sites for hydroxylation is 2. The van der Waals surface area contributed by atoms with E-state index in [-0.39, 0.29) is 6.04 Å². The Morgan fingerprint density at radius 1 is 1.57 bits per heavy atom. The van der Waals surface area contributed by atoms with Gasteiger partial charge < -0.3 is 5.73 Å². The van der Waals surface area contributed by atoms with E-state index in [0.29, 0.717) is 0 Å². The molecule has 2 N–H and O–H groups in total. The van der Waals surface area contributed by atoms with Crippen molar-refractivity contribution < 1.29 is 0 Å². The molecule has 1 aromatic heterocycles. The maximum absolute atomic E-state index is 6.11. The van der Waals surface area contributed by atoms with Crippen LogP contribution in [0.25, 0.3) is 0 Å². The number of nitrogens with two attached hydrogens (primary N) is 1. The molecule has 0 saturated heterocycles. The number of halogens is 1. The Morgan fingerprint density at radius 2 is 2.21 bits per heavy atom. The molecule has 0 bridgehead atoms. The highest BCUT2D eigenvalue weighted by atomic mass is 35.5. The predicted octanol–water partition coefficient (Wildman–Crippen LogP) is 2.05. The Labute approximate surface area is 90.2 Å². The summed E-state index contributed by atoms with van der Waals surface area (Å²) in [6.07, 6.45) is 3.05. The summed E-state index contributed by atoms with van der Waals surface area (Å²) in [6, 6.07) is 0.267. The van der Waals surface area contributed by atoms with E-state index in [1.165, 1.54) is 0 Å². The van der Waals surface area contributed by atoms with E-state index in [0.717, 1.165) is 35.7 Å². The smallest absolute Gasteiger partial charge is 0.0846 e. The molecule has 0 aromatic carbocycles. The quantitative estimate of drug-likeness (QED) is 0.836. The van der Waals surface area contributed by atoms with Crippen molar-refractivity contribution in [3.8, 4) is 0 Å². The molecule has 0 saturated carbocycles. The van der Waals surface area contributed by atoms with Gasteiger partial charge in [-0.25, -0.2) is 0 Å². The number of nitrogens with zero attached hydrogens (tertiary/aromatic N) is 2. The minimum atomic E-state index is 0.267. The van der Waals surface area contributed by atoms with Crippen LogP contribution in [-0.4, -0.2) is 15.8 Å². The molecule has 4 heteroatoms. The molecule has 0 aliphatic carbocycles. The van der Waals surface area contributed by atoms with Gasteiger partial charge in [0.15, 0.2) is 0 Å². The number of aromatic nitrogens is 2. The van der Waals surface area contributed by atoms with E-state index in [2.05, 4.69) is 5.10 Å². The molecule has 1 aromatic rings. The van der Waals surface area contributed by atoms with Crippen LogP contribution in [0.15, 0.2) is 0 Å². The van der Waals surface area contributed by atoms with Gasteiger partial charge in [-0.3, -0.25) is 4.68 Å². The van der Waals surface area contributed by atoms with Gasteiger partial charge in [-0.1, -0.05) is 11.6 Å². The molecule has 3 nitrogen and oxygen atoms in total. The summed E-state index contributed by atoms with van der Waals surface area (Å²) >= 11 is 6.11. The first kappa shape index (κ1) is 11.5. The predicted molar refractivity (Wildman–Crippen MR) is 59.5 cm³/mol. The fourth-order valence-corrected chi connectivity index (χ4v) is 1.80. The first-order valence-corrected chi connectivity index (χ1v) is 5.33. The Hall–Kier alpha value is -0.540. The molecule has 0 radical (unpaired) electrons. The summed E-state index contributed by atoms with van der Waals surface area (Å²) in [4.78, 5) is 0. The van der Waals surface area contributed by atoms with Gasteiger partial charge in [-0.2, -0.15) is 5.10 Å². The molecule has 1 rings (SSSR count). The summed E-state index contributed by atoms with van der Waals surface area (Å²) in [7, 11) is 1.93. The lowest BCUT2D eigenvalue weighted by molar-refractivity contribution is 0.601. The Kier molecular flexibility index (Phi) is 3.96. The highest BCUT2D eigenvalue weighted by Crippen LogP contribution is 2.21. The number of rotatable bonds is 4. The van der Waals surface area contributed by atoms with E-state index < -0.39 is 0 Å². The standard InChI is InChI=1S/C10H18ClN3/c1-7(12)5-4-6-9-10(11)8(2)13-14(9)3/h7H,4-6,12H2,1-3H3. The van der Waals surface area contributed by atoms with Crippen LogP contribution in [-0.2, 0) is 13.5 Å². The van der Waals surface area contributed by atoms with Gasteiger partial charge in [-0.15, -0.1) is 0 Å². The fourth-order valence-electron chi connectivity index (χ4n) is 1.54. The lowest BCUT2D eigenvalue weighted by Crippen LogP contribution is -2.14. The van der Waals surface area contributed by atoms with Gasteiger partial charge in [0.25, 0.3) is 0 Å². The second-order valence-electron chi connectivity index (χ2n) is 3.84. The third kappa shape index (κ3) is 2.72. The van der Waals surface area contributed by atoms with E-state index >= 15 is 0 Å². The Morgan fingerprint density at radius 3 is 2.64 bits per heavy atom. The second-order valence-corrected chi connectivity index (χ2v) is 4.22. The Bertz CT molecular complexity index is 305. The van der Waals surface area contributed by atoms with Gasteiger partial charge in [0.2, 0.25) is 0 Å². The lowest BCUT2D eigenvalue weighted by atomic mass is 10.1. The van der Waals surface area contributed by atoms with Crippen LogP contribution in [0.2, 0.25) is 5.02 Å². The van der Waals surface area contributed by atoms with Crippen molar-refractivity contribution in [3.05, 3.63) is 16.4 Å². The molecule has 14 heavy (non-hydrogen) atoms. The second kappa shape index (κ2) is 4.80. The average Bonchev–Trinajstić information content (AvgIpc) is 2.31. The lowest BCUT2D eigenvalue weighted by Gasteiger charge is -2.05. The van der Waals surface area contributed by atoms with Gasteiger partial charge in [0.1, 0.15) is 0 Å². The first-order valence-electron chi connectivity index (χ1n) is 4.96. The summed E-state index contributed by atoms with van der Waals surface area (Å²) < 4.78 is 1.86. The van der Waals surface area contributed by atoms with Crippen LogP contribution in [0.5, 0.6) is 0 Å². The molecule has 1 atom stereocenters. The zero-order valence-electron chi connectivity index (χ0n) is 9.05. The van der Waals surface area contributed by atoms with Crippen molar-refractivity contribution in [2.24, 2.45) is 12.8 Å². The third-order valence-corrected chi connectivity index (χ3v) is 2.83. The summed E-state index contributed by atoms with van der Waals surface area (Å²) in [5, 5.41) is 5.06. The molecular formula is C10H18ClN3. The van der Waals surface area contributed by atoms with Crippen LogP contribution < -0.4 is 5.73 Å². The van der Waals surface area contributed by atoms with E-state index in [4.69, 9.17) is 17.3 Å². The maximum Gasteiger partial charge on any atom is 0.0846 e. The monoisotopic (exact) mass is 215 g/mol.